The number of furan rings is 1. The number of thiazole rings is 1. The maximum Gasteiger partial charge on any atom is 0.350 e. The van der Waals surface area contributed by atoms with E-state index in [0.29, 0.717) is 22.8 Å². The van der Waals surface area contributed by atoms with Crippen LogP contribution in [0.4, 0.5) is 5.13 Å². The largest absolute Gasteiger partial charge is 0.503 e. The highest BCUT2D eigenvalue weighted by molar-refractivity contribution is 7.17. The van der Waals surface area contributed by atoms with Gasteiger partial charge in [-0.3, -0.25) is 14.5 Å². The fourth-order valence-electron chi connectivity index (χ4n) is 4.13. The van der Waals surface area contributed by atoms with Gasteiger partial charge in [-0.15, -0.1) is 0 Å². The Morgan fingerprint density at radius 2 is 1.84 bits per heavy atom. The molecule has 1 aliphatic heterocycles. The first-order valence-corrected chi connectivity index (χ1v) is 12.5. The lowest BCUT2D eigenvalue weighted by atomic mass is 9.95. The van der Waals surface area contributed by atoms with Gasteiger partial charge in [0, 0.05) is 0 Å². The molecule has 10 heteroatoms. The number of ketones is 1. The van der Waals surface area contributed by atoms with Crippen LogP contribution in [0.1, 0.15) is 44.4 Å². The fourth-order valence-corrected chi connectivity index (χ4v) is 5.12. The van der Waals surface area contributed by atoms with Crippen LogP contribution in [0.15, 0.2) is 88.7 Å². The third-order valence-electron chi connectivity index (χ3n) is 5.80. The predicted octanol–water partition coefficient (Wildman–Crippen LogP) is 5.80. The standard InChI is InChI=1S/C28H22N2O7S/c1-3-35-27(34)25-16(2)29-28(38-25)30-22(21(24(32)26(30)33)23(31)20-13-8-14-36-20)17-9-7-12-19(15-17)37-18-10-5-4-6-11-18/h4-15,22,32H,3H2,1-2H3. The van der Waals surface area contributed by atoms with Crippen LogP contribution in [0.25, 0.3) is 0 Å². The number of benzene rings is 2. The molecule has 4 aromatic rings. The van der Waals surface area contributed by atoms with Crippen molar-refractivity contribution in [2.45, 2.75) is 19.9 Å². The summed E-state index contributed by atoms with van der Waals surface area (Å²) in [5.74, 6) is -1.75. The molecule has 1 unspecified atom stereocenters. The van der Waals surface area contributed by atoms with Crippen molar-refractivity contribution in [1.82, 2.24) is 4.98 Å². The number of nitrogens with zero attached hydrogens (tertiary/aromatic N) is 2. The van der Waals surface area contributed by atoms with E-state index in [2.05, 4.69) is 4.98 Å². The van der Waals surface area contributed by atoms with E-state index < -0.39 is 29.5 Å². The molecule has 5 rings (SSSR count). The van der Waals surface area contributed by atoms with Crippen molar-refractivity contribution in [3.63, 3.8) is 0 Å². The molecule has 0 bridgehead atoms. The van der Waals surface area contributed by atoms with Gasteiger partial charge < -0.3 is 19.0 Å². The van der Waals surface area contributed by atoms with Gasteiger partial charge in [-0.1, -0.05) is 41.7 Å². The summed E-state index contributed by atoms with van der Waals surface area (Å²) in [7, 11) is 0. The van der Waals surface area contributed by atoms with Gasteiger partial charge in [-0.2, -0.15) is 0 Å². The maximum atomic E-state index is 13.5. The van der Waals surface area contributed by atoms with Gasteiger partial charge in [0.1, 0.15) is 16.4 Å². The second-order valence-corrected chi connectivity index (χ2v) is 9.24. The molecule has 0 spiro atoms. The molecule has 0 aliphatic carbocycles. The number of rotatable bonds is 8. The predicted molar refractivity (Wildman–Crippen MR) is 139 cm³/mol. The van der Waals surface area contributed by atoms with Crippen molar-refractivity contribution < 1.29 is 33.4 Å². The molecule has 0 saturated heterocycles. The summed E-state index contributed by atoms with van der Waals surface area (Å²) in [6.45, 7) is 3.49. The summed E-state index contributed by atoms with van der Waals surface area (Å²) in [5.41, 5.74) is 0.671. The molecule has 1 atom stereocenters. The van der Waals surface area contributed by atoms with Crippen molar-refractivity contribution >= 4 is 34.1 Å². The molecule has 0 saturated carbocycles. The molecular formula is C28H22N2O7S. The van der Waals surface area contributed by atoms with E-state index >= 15 is 0 Å². The number of carbonyl (C=O) groups is 3. The Morgan fingerprint density at radius 1 is 1.08 bits per heavy atom. The van der Waals surface area contributed by atoms with E-state index in [1.807, 2.05) is 18.2 Å². The monoisotopic (exact) mass is 530 g/mol. The minimum Gasteiger partial charge on any atom is -0.503 e. The molecule has 3 heterocycles. The number of aliphatic hydroxyl groups is 1. The zero-order valence-corrected chi connectivity index (χ0v) is 21.2. The Bertz CT molecular complexity index is 1540. The summed E-state index contributed by atoms with van der Waals surface area (Å²) < 4.78 is 16.4. The van der Waals surface area contributed by atoms with Gasteiger partial charge in [0.2, 0.25) is 5.78 Å². The third kappa shape index (κ3) is 4.57. The van der Waals surface area contributed by atoms with Crippen LogP contribution in [0, 0.1) is 6.92 Å². The van der Waals surface area contributed by atoms with Crippen molar-refractivity contribution in [2.75, 3.05) is 11.5 Å². The van der Waals surface area contributed by atoms with Crippen molar-refractivity contribution in [1.29, 1.82) is 0 Å². The van der Waals surface area contributed by atoms with E-state index in [1.165, 1.54) is 17.2 Å². The first-order valence-electron chi connectivity index (χ1n) is 11.7. The lowest BCUT2D eigenvalue weighted by molar-refractivity contribution is -0.117. The average Bonchev–Trinajstić information content (AvgIpc) is 3.64. The zero-order chi connectivity index (χ0) is 26.8. The zero-order valence-electron chi connectivity index (χ0n) is 20.4. The number of aryl methyl sites for hydroxylation is 1. The van der Waals surface area contributed by atoms with Crippen molar-refractivity contribution in [3.05, 3.63) is 106 Å². The fraction of sp³-hybridized carbons (Fsp3) is 0.143. The summed E-state index contributed by atoms with van der Waals surface area (Å²) in [4.78, 5) is 45.2. The summed E-state index contributed by atoms with van der Waals surface area (Å²) in [6, 6.07) is 17.9. The number of carbonyl (C=O) groups excluding carboxylic acids is 3. The Hall–Kier alpha value is -4.70. The Labute approximate surface area is 221 Å². The third-order valence-corrected chi connectivity index (χ3v) is 6.94. The molecule has 0 radical (unpaired) electrons. The van der Waals surface area contributed by atoms with Gasteiger partial charge in [0.25, 0.3) is 5.91 Å². The Kier molecular flexibility index (Phi) is 6.80. The average molecular weight is 531 g/mol. The minimum atomic E-state index is -1.07. The van der Waals surface area contributed by atoms with Crippen LogP contribution in [-0.4, -0.2) is 34.4 Å². The smallest absolute Gasteiger partial charge is 0.350 e. The molecular weight excluding hydrogens is 508 g/mol. The van der Waals surface area contributed by atoms with E-state index in [0.717, 1.165) is 11.3 Å². The van der Waals surface area contributed by atoms with E-state index in [9.17, 15) is 19.5 Å². The highest BCUT2D eigenvalue weighted by Crippen LogP contribution is 2.44. The number of hydrogen-bond acceptors (Lipinski definition) is 9. The van der Waals surface area contributed by atoms with Crippen LogP contribution in [-0.2, 0) is 9.53 Å². The first kappa shape index (κ1) is 25.0. The molecule has 2 aromatic carbocycles. The van der Waals surface area contributed by atoms with Gasteiger partial charge in [-0.05, 0) is 55.8 Å². The molecule has 1 N–H and O–H groups in total. The molecule has 192 valence electrons. The van der Waals surface area contributed by atoms with Crippen molar-refractivity contribution in [3.8, 4) is 11.5 Å². The van der Waals surface area contributed by atoms with Crippen LogP contribution < -0.4 is 9.64 Å². The topological polar surface area (TPSA) is 119 Å². The lowest BCUT2D eigenvalue weighted by Crippen LogP contribution is -2.31. The summed E-state index contributed by atoms with van der Waals surface area (Å²) in [6.07, 6.45) is 1.33. The highest BCUT2D eigenvalue weighted by Gasteiger charge is 2.47. The highest BCUT2D eigenvalue weighted by atomic mass is 32.1. The number of ether oxygens (including phenoxy) is 2. The van der Waals surface area contributed by atoms with Gasteiger partial charge in [0.05, 0.1) is 30.2 Å². The SMILES string of the molecule is CCOC(=O)c1sc(N2C(=O)C(O)=C(C(=O)c3ccco3)C2c2cccc(Oc3ccccc3)c2)nc1C. The van der Waals surface area contributed by atoms with Crippen LogP contribution in [0.5, 0.6) is 11.5 Å². The summed E-state index contributed by atoms with van der Waals surface area (Å²) in [5, 5.41) is 11.1. The number of esters is 1. The summed E-state index contributed by atoms with van der Waals surface area (Å²) >= 11 is 0.943. The van der Waals surface area contributed by atoms with E-state index in [1.54, 1.807) is 56.3 Å². The molecule has 9 nitrogen and oxygen atoms in total. The lowest BCUT2D eigenvalue weighted by Gasteiger charge is -2.24. The first-order chi connectivity index (χ1) is 18.4. The molecule has 0 fully saturated rings. The Balaban J connectivity index is 1.61. The number of aromatic nitrogens is 1. The number of para-hydroxylation sites is 1. The molecule has 2 aromatic heterocycles. The van der Waals surface area contributed by atoms with E-state index in [-0.39, 0.29) is 27.9 Å². The quantitative estimate of drug-likeness (QED) is 0.224. The normalized spacial score (nSPS) is 15.2. The van der Waals surface area contributed by atoms with Crippen LogP contribution >= 0.6 is 11.3 Å². The van der Waals surface area contributed by atoms with Crippen molar-refractivity contribution in [2.24, 2.45) is 0 Å². The molecule has 1 amide bonds. The van der Waals surface area contributed by atoms with Gasteiger partial charge >= 0.3 is 5.97 Å². The Morgan fingerprint density at radius 3 is 2.55 bits per heavy atom. The number of hydrogen-bond donors (Lipinski definition) is 1. The number of anilines is 1. The second kappa shape index (κ2) is 10.3. The van der Waals surface area contributed by atoms with Gasteiger partial charge in [0.15, 0.2) is 16.7 Å². The minimum absolute atomic E-state index is 0.0366. The van der Waals surface area contributed by atoms with Crippen LogP contribution in [0.2, 0.25) is 0 Å². The number of amides is 1. The van der Waals surface area contributed by atoms with Gasteiger partial charge in [-0.25, -0.2) is 9.78 Å². The second-order valence-electron chi connectivity index (χ2n) is 8.27. The van der Waals surface area contributed by atoms with Crippen LogP contribution in [0.3, 0.4) is 0 Å². The number of Topliss-reactive ketones (excluding diaryl/α,β-unsaturated/α-hetero) is 1. The molecule has 1 aliphatic rings. The number of aliphatic hydroxyl groups excluding tert-OH is 1. The maximum absolute atomic E-state index is 13.5. The molecule has 38 heavy (non-hydrogen) atoms. The van der Waals surface area contributed by atoms with E-state index in [4.69, 9.17) is 13.9 Å².